The zero-order valence-corrected chi connectivity index (χ0v) is 22.5. The molecule has 2 aliphatic rings. The number of nitrogens with zero attached hydrogens (tertiary/aromatic N) is 6. The first-order chi connectivity index (χ1) is 19.5. The molecule has 1 fully saturated rings. The SMILES string of the molecule is O=C(Nc1nccs1)C(c1ncn2c1CCC2)n1cc2c(F)cc(-c3ccc(N4CCCCC4)c(F)c3)cc2n1. The molecule has 0 aliphatic carbocycles. The Labute approximate surface area is 233 Å². The molecule has 11 heteroatoms. The summed E-state index contributed by atoms with van der Waals surface area (Å²) < 4.78 is 34.1. The lowest BCUT2D eigenvalue weighted by molar-refractivity contribution is -0.118. The summed E-state index contributed by atoms with van der Waals surface area (Å²) in [6.07, 6.45) is 9.94. The second-order valence-corrected chi connectivity index (χ2v) is 11.2. The molecule has 1 atom stereocenters. The third kappa shape index (κ3) is 4.43. The standard InChI is InChI=1S/C29H27F2N7OS/c30-21-14-19(18-6-7-24(22(31)13-18)36-9-2-1-3-10-36)15-23-20(21)16-38(35-23)27(28(39)34-29-32-8-12-40-29)26-25-5-4-11-37(25)17-33-26/h6-8,12-17,27H,1-5,9-11H2,(H,32,34,39). The van der Waals surface area contributed by atoms with Crippen molar-refractivity contribution < 1.29 is 13.6 Å². The minimum Gasteiger partial charge on any atom is -0.369 e. The Morgan fingerprint density at radius 1 is 0.975 bits per heavy atom. The molecule has 0 saturated carbocycles. The van der Waals surface area contributed by atoms with E-state index in [0.29, 0.717) is 33.2 Å². The Morgan fingerprint density at radius 3 is 2.62 bits per heavy atom. The molecule has 0 bridgehead atoms. The number of thiazole rings is 1. The van der Waals surface area contributed by atoms with Gasteiger partial charge in [-0.2, -0.15) is 5.10 Å². The van der Waals surface area contributed by atoms with Gasteiger partial charge in [-0.25, -0.2) is 18.7 Å². The molecule has 2 aromatic carbocycles. The van der Waals surface area contributed by atoms with Crippen LogP contribution in [0.5, 0.6) is 0 Å². The summed E-state index contributed by atoms with van der Waals surface area (Å²) in [4.78, 5) is 24.4. The summed E-state index contributed by atoms with van der Waals surface area (Å²) in [5.74, 6) is -1.17. The van der Waals surface area contributed by atoms with Gasteiger partial charge in [-0.1, -0.05) is 6.07 Å². The average molecular weight is 560 g/mol. The van der Waals surface area contributed by atoms with E-state index < -0.39 is 11.9 Å². The highest BCUT2D eigenvalue weighted by atomic mass is 32.1. The highest BCUT2D eigenvalue weighted by Gasteiger charge is 2.32. The average Bonchev–Trinajstić information content (AvgIpc) is 3.76. The predicted octanol–water partition coefficient (Wildman–Crippen LogP) is 5.80. The molecule has 2 aliphatic heterocycles. The molecule has 1 amide bonds. The fourth-order valence-electron chi connectivity index (χ4n) is 5.84. The number of hydrogen-bond donors (Lipinski definition) is 1. The molecule has 5 heterocycles. The molecule has 3 aromatic heterocycles. The van der Waals surface area contributed by atoms with Crippen LogP contribution in [0.1, 0.15) is 43.1 Å². The van der Waals surface area contributed by atoms with Gasteiger partial charge in [0.1, 0.15) is 11.6 Å². The molecule has 1 unspecified atom stereocenters. The number of piperidine rings is 1. The van der Waals surface area contributed by atoms with Gasteiger partial charge in [0.2, 0.25) is 0 Å². The van der Waals surface area contributed by atoms with E-state index in [1.54, 1.807) is 36.2 Å². The Hall–Kier alpha value is -4.12. The number of fused-ring (bicyclic) bond motifs is 2. The number of nitrogens with one attached hydrogen (secondary N) is 1. The smallest absolute Gasteiger partial charge is 0.257 e. The summed E-state index contributed by atoms with van der Waals surface area (Å²) in [6.45, 7) is 2.52. The van der Waals surface area contributed by atoms with Crippen LogP contribution in [0.25, 0.3) is 22.0 Å². The molecule has 7 rings (SSSR count). The van der Waals surface area contributed by atoms with Crippen LogP contribution < -0.4 is 10.2 Å². The van der Waals surface area contributed by atoms with Gasteiger partial charge < -0.3 is 9.47 Å². The molecule has 204 valence electrons. The topological polar surface area (TPSA) is 80.9 Å². The third-order valence-corrected chi connectivity index (χ3v) is 8.48. The van der Waals surface area contributed by atoms with Crippen molar-refractivity contribution in [2.45, 2.75) is 44.7 Å². The van der Waals surface area contributed by atoms with Crippen LogP contribution in [0.15, 0.2) is 54.4 Å². The van der Waals surface area contributed by atoms with E-state index in [1.807, 2.05) is 10.6 Å². The van der Waals surface area contributed by atoms with Gasteiger partial charge in [0.15, 0.2) is 11.2 Å². The van der Waals surface area contributed by atoms with Gasteiger partial charge in [-0.3, -0.25) is 14.8 Å². The molecule has 40 heavy (non-hydrogen) atoms. The lowest BCUT2D eigenvalue weighted by Gasteiger charge is -2.29. The monoisotopic (exact) mass is 559 g/mol. The fourth-order valence-corrected chi connectivity index (χ4v) is 6.37. The first-order valence-corrected chi connectivity index (χ1v) is 14.4. The number of benzene rings is 2. The molecule has 8 nitrogen and oxygen atoms in total. The number of carbonyl (C=O) groups excluding carboxylic acids is 1. The minimum absolute atomic E-state index is 0.275. The van der Waals surface area contributed by atoms with Crippen LogP contribution in [-0.2, 0) is 17.8 Å². The Balaban J connectivity index is 1.26. The van der Waals surface area contributed by atoms with Crippen LogP contribution in [0.2, 0.25) is 0 Å². The lowest BCUT2D eigenvalue weighted by atomic mass is 10.0. The highest BCUT2D eigenvalue weighted by molar-refractivity contribution is 7.13. The van der Waals surface area contributed by atoms with E-state index >= 15 is 8.78 Å². The van der Waals surface area contributed by atoms with Crippen molar-refractivity contribution in [2.75, 3.05) is 23.3 Å². The number of rotatable bonds is 6. The minimum atomic E-state index is -0.908. The molecule has 0 radical (unpaired) electrons. The molecular formula is C29H27F2N7OS. The number of carbonyl (C=O) groups is 1. The number of amides is 1. The Bertz CT molecular complexity index is 1710. The number of aromatic nitrogens is 5. The summed E-state index contributed by atoms with van der Waals surface area (Å²) >= 11 is 1.31. The molecule has 1 N–H and O–H groups in total. The van der Waals surface area contributed by atoms with E-state index in [0.717, 1.165) is 51.0 Å². The van der Waals surface area contributed by atoms with Gasteiger partial charge in [-0.05, 0) is 67.5 Å². The summed E-state index contributed by atoms with van der Waals surface area (Å²) in [5.41, 5.74) is 3.61. The maximum absolute atomic E-state index is 15.5. The molecule has 1 saturated heterocycles. The van der Waals surface area contributed by atoms with Gasteiger partial charge in [0.05, 0.1) is 28.6 Å². The summed E-state index contributed by atoms with van der Waals surface area (Å²) in [7, 11) is 0. The van der Waals surface area contributed by atoms with Crippen molar-refractivity contribution in [1.82, 2.24) is 24.3 Å². The fraction of sp³-hybridized carbons (Fsp3) is 0.310. The van der Waals surface area contributed by atoms with Crippen LogP contribution in [0.4, 0.5) is 19.6 Å². The quantitative estimate of drug-likeness (QED) is 0.285. The van der Waals surface area contributed by atoms with E-state index in [1.165, 1.54) is 34.6 Å². The van der Waals surface area contributed by atoms with Gasteiger partial charge in [0, 0.05) is 43.1 Å². The number of halogens is 2. The maximum atomic E-state index is 15.5. The highest BCUT2D eigenvalue weighted by Crippen LogP contribution is 2.33. The number of aryl methyl sites for hydroxylation is 1. The largest absolute Gasteiger partial charge is 0.369 e. The van der Waals surface area contributed by atoms with Crippen molar-refractivity contribution in [3.05, 3.63) is 77.5 Å². The van der Waals surface area contributed by atoms with E-state index in [-0.39, 0.29) is 17.1 Å². The van der Waals surface area contributed by atoms with Crippen molar-refractivity contribution in [3.8, 4) is 11.1 Å². The first kappa shape index (κ1) is 24.9. The van der Waals surface area contributed by atoms with Gasteiger partial charge >= 0.3 is 0 Å². The molecule has 0 spiro atoms. The zero-order valence-electron chi connectivity index (χ0n) is 21.7. The second kappa shape index (κ2) is 10.1. The van der Waals surface area contributed by atoms with Gasteiger partial charge in [-0.15, -0.1) is 11.3 Å². The van der Waals surface area contributed by atoms with Crippen LogP contribution in [-0.4, -0.2) is 43.3 Å². The maximum Gasteiger partial charge on any atom is 0.257 e. The predicted molar refractivity (Wildman–Crippen MR) is 151 cm³/mol. The number of hydrogen-bond acceptors (Lipinski definition) is 6. The number of imidazole rings is 1. The first-order valence-electron chi connectivity index (χ1n) is 13.5. The van der Waals surface area contributed by atoms with Crippen molar-refractivity contribution in [1.29, 1.82) is 0 Å². The van der Waals surface area contributed by atoms with E-state index in [9.17, 15) is 4.79 Å². The van der Waals surface area contributed by atoms with Crippen LogP contribution in [0, 0.1) is 11.6 Å². The van der Waals surface area contributed by atoms with Crippen molar-refractivity contribution in [3.63, 3.8) is 0 Å². The van der Waals surface area contributed by atoms with E-state index in [4.69, 9.17) is 0 Å². The van der Waals surface area contributed by atoms with Crippen LogP contribution >= 0.6 is 11.3 Å². The third-order valence-electron chi connectivity index (χ3n) is 7.80. The molecular weight excluding hydrogens is 532 g/mol. The Morgan fingerprint density at radius 2 is 1.82 bits per heavy atom. The van der Waals surface area contributed by atoms with E-state index in [2.05, 4.69) is 25.3 Å². The van der Waals surface area contributed by atoms with Crippen molar-refractivity contribution in [2.24, 2.45) is 0 Å². The summed E-state index contributed by atoms with van der Waals surface area (Å²) in [5, 5.41) is 10.0. The normalized spacial score (nSPS) is 15.9. The second-order valence-electron chi connectivity index (χ2n) is 10.3. The van der Waals surface area contributed by atoms with Gasteiger partial charge in [0.25, 0.3) is 5.91 Å². The van der Waals surface area contributed by atoms with Crippen LogP contribution in [0.3, 0.4) is 0 Å². The Kier molecular flexibility index (Phi) is 6.30. The zero-order chi connectivity index (χ0) is 27.2. The summed E-state index contributed by atoms with van der Waals surface area (Å²) in [6, 6.07) is 7.27. The lowest BCUT2D eigenvalue weighted by Crippen LogP contribution is -2.30. The van der Waals surface area contributed by atoms with Crippen molar-refractivity contribution >= 4 is 39.0 Å². The molecule has 5 aromatic rings. The number of anilines is 2.